The number of esters is 1. The van der Waals surface area contributed by atoms with Crippen LogP contribution in [0.4, 0.5) is 0 Å². The molecule has 1 aromatic heterocycles. The maximum Gasteiger partial charge on any atom is 0.345 e. The molecule has 0 aliphatic carbocycles. The summed E-state index contributed by atoms with van der Waals surface area (Å²) in [6, 6.07) is 9.05. The molecule has 0 unspecified atom stereocenters. The second-order valence-electron chi connectivity index (χ2n) is 3.75. The smallest absolute Gasteiger partial charge is 0.345 e. The number of methoxy groups -OCH3 is 1. The largest absolute Gasteiger partial charge is 0.465 e. The van der Waals surface area contributed by atoms with Crippen molar-refractivity contribution in [3.8, 4) is 11.3 Å². The number of nitrogens with one attached hydrogen (secondary N) is 1. The summed E-state index contributed by atoms with van der Waals surface area (Å²) >= 11 is 0. The zero-order valence-electron chi connectivity index (χ0n) is 10.1. The van der Waals surface area contributed by atoms with Crippen LogP contribution >= 0.6 is 0 Å². The summed E-state index contributed by atoms with van der Waals surface area (Å²) < 4.78 is 4.72. The van der Waals surface area contributed by atoms with E-state index in [0.717, 1.165) is 0 Å². The molecule has 0 bridgehead atoms. The average molecular weight is 244 g/mol. The Kier molecular flexibility index (Phi) is 3.23. The van der Waals surface area contributed by atoms with Crippen LogP contribution in [-0.2, 0) is 4.74 Å². The quantitative estimate of drug-likeness (QED) is 0.813. The van der Waals surface area contributed by atoms with E-state index in [-0.39, 0.29) is 5.56 Å². The van der Waals surface area contributed by atoms with Gasteiger partial charge in [-0.1, -0.05) is 30.3 Å². The molecule has 5 nitrogen and oxygen atoms in total. The molecular formula is C13H12N2O3. The molecule has 2 rings (SSSR count). The first-order valence-corrected chi connectivity index (χ1v) is 5.38. The summed E-state index contributed by atoms with van der Waals surface area (Å²) in [5.41, 5.74) is 1.28. The number of hydrogen-bond acceptors (Lipinski definition) is 4. The Morgan fingerprint density at radius 1 is 1.28 bits per heavy atom. The first-order chi connectivity index (χ1) is 8.63. The van der Waals surface area contributed by atoms with E-state index in [1.54, 1.807) is 19.1 Å². The molecule has 0 fully saturated rings. The van der Waals surface area contributed by atoms with E-state index in [0.29, 0.717) is 17.0 Å². The minimum Gasteiger partial charge on any atom is -0.465 e. The molecule has 0 aliphatic rings. The van der Waals surface area contributed by atoms with Crippen molar-refractivity contribution < 1.29 is 9.53 Å². The van der Waals surface area contributed by atoms with E-state index in [9.17, 15) is 9.59 Å². The first-order valence-electron chi connectivity index (χ1n) is 5.38. The Balaban J connectivity index is 2.73. The van der Waals surface area contributed by atoms with Gasteiger partial charge in [0.05, 0.1) is 12.8 Å². The second kappa shape index (κ2) is 4.83. The molecule has 18 heavy (non-hydrogen) atoms. The third-order valence-electron chi connectivity index (χ3n) is 2.56. The maximum absolute atomic E-state index is 11.8. The highest BCUT2D eigenvalue weighted by molar-refractivity contribution is 5.97. The number of nitrogens with zero attached hydrogens (tertiary/aromatic N) is 1. The van der Waals surface area contributed by atoms with Gasteiger partial charge >= 0.3 is 11.7 Å². The summed E-state index contributed by atoms with van der Waals surface area (Å²) in [5.74, 6) is -0.518. The summed E-state index contributed by atoms with van der Waals surface area (Å²) in [7, 11) is 1.29. The van der Waals surface area contributed by atoms with Crippen LogP contribution in [0.25, 0.3) is 11.3 Å². The Morgan fingerprint density at radius 2 is 1.94 bits per heavy atom. The van der Waals surface area contributed by atoms with Gasteiger partial charge in [0.2, 0.25) is 0 Å². The summed E-state index contributed by atoms with van der Waals surface area (Å²) in [6.45, 7) is 1.64. The van der Waals surface area contributed by atoms with Gasteiger partial charge in [-0.25, -0.2) is 9.59 Å². The van der Waals surface area contributed by atoms with Gasteiger partial charge in [-0.3, -0.25) is 0 Å². The number of ether oxygens (including phenoxy) is 1. The van der Waals surface area contributed by atoms with E-state index in [1.807, 2.05) is 18.2 Å². The number of hydrogen-bond donors (Lipinski definition) is 1. The molecule has 0 spiro atoms. The van der Waals surface area contributed by atoms with Crippen LogP contribution < -0.4 is 5.69 Å². The van der Waals surface area contributed by atoms with E-state index in [4.69, 9.17) is 4.74 Å². The lowest BCUT2D eigenvalue weighted by Crippen LogP contribution is -2.19. The summed E-state index contributed by atoms with van der Waals surface area (Å²) in [5, 5.41) is 0. The fraction of sp³-hybridized carbons (Fsp3) is 0.154. The molecule has 1 N–H and O–H groups in total. The maximum atomic E-state index is 11.8. The molecule has 5 heteroatoms. The van der Waals surface area contributed by atoms with Gasteiger partial charge in [-0.2, -0.15) is 4.98 Å². The lowest BCUT2D eigenvalue weighted by Gasteiger charge is -2.09. The lowest BCUT2D eigenvalue weighted by atomic mass is 10.1. The Labute approximate surface area is 103 Å². The number of H-pyrrole nitrogens is 1. The number of benzene rings is 1. The molecule has 1 heterocycles. The van der Waals surface area contributed by atoms with Gasteiger partial charge in [-0.15, -0.1) is 0 Å². The fourth-order valence-corrected chi connectivity index (χ4v) is 1.74. The van der Waals surface area contributed by atoms with Crippen molar-refractivity contribution in [2.75, 3.05) is 7.11 Å². The van der Waals surface area contributed by atoms with Gasteiger partial charge < -0.3 is 9.72 Å². The molecule has 0 saturated heterocycles. The number of aromatic nitrogens is 2. The molecule has 1 aromatic carbocycles. The Morgan fingerprint density at radius 3 is 2.56 bits per heavy atom. The number of aryl methyl sites for hydroxylation is 1. The zero-order valence-corrected chi connectivity index (χ0v) is 10.1. The molecule has 0 radical (unpaired) electrons. The fourth-order valence-electron chi connectivity index (χ4n) is 1.74. The number of aromatic amines is 1. The predicted octanol–water partition coefficient (Wildman–Crippen LogP) is 1.53. The van der Waals surface area contributed by atoms with Gasteiger partial charge in [0.15, 0.2) is 0 Å². The summed E-state index contributed by atoms with van der Waals surface area (Å²) in [6.07, 6.45) is 0. The average Bonchev–Trinajstić information content (AvgIpc) is 2.38. The van der Waals surface area contributed by atoms with Gasteiger partial charge in [0, 0.05) is 11.3 Å². The van der Waals surface area contributed by atoms with Crippen LogP contribution in [0.15, 0.2) is 35.1 Å². The highest BCUT2D eigenvalue weighted by atomic mass is 16.5. The van der Waals surface area contributed by atoms with Crippen LogP contribution in [0.5, 0.6) is 0 Å². The zero-order chi connectivity index (χ0) is 13.1. The molecule has 0 atom stereocenters. The highest BCUT2D eigenvalue weighted by Gasteiger charge is 2.18. The van der Waals surface area contributed by atoms with Gasteiger partial charge in [0.1, 0.15) is 5.56 Å². The molecule has 0 aliphatic heterocycles. The molecule has 2 aromatic rings. The predicted molar refractivity (Wildman–Crippen MR) is 66.4 cm³/mol. The molecule has 92 valence electrons. The topological polar surface area (TPSA) is 72.0 Å². The number of carbonyl (C=O) groups excluding carboxylic acids is 1. The SMILES string of the molecule is COC(=O)c1c(-c2ccccc2)nc(=O)[nH]c1C. The lowest BCUT2D eigenvalue weighted by molar-refractivity contribution is 0.0599. The van der Waals surface area contributed by atoms with E-state index in [2.05, 4.69) is 9.97 Å². The van der Waals surface area contributed by atoms with Crippen molar-refractivity contribution >= 4 is 5.97 Å². The third-order valence-corrected chi connectivity index (χ3v) is 2.56. The molecule has 0 amide bonds. The van der Waals surface area contributed by atoms with Gasteiger partial charge in [-0.05, 0) is 6.92 Å². The van der Waals surface area contributed by atoms with Crippen molar-refractivity contribution in [1.82, 2.24) is 9.97 Å². The van der Waals surface area contributed by atoms with Crippen molar-refractivity contribution in [3.05, 3.63) is 52.1 Å². The van der Waals surface area contributed by atoms with E-state index < -0.39 is 11.7 Å². The first kappa shape index (κ1) is 12.0. The van der Waals surface area contributed by atoms with Crippen LogP contribution in [0.2, 0.25) is 0 Å². The standard InChI is InChI=1S/C13H12N2O3/c1-8-10(12(16)18-2)11(15-13(17)14-8)9-6-4-3-5-7-9/h3-7H,1-2H3,(H,14,15,17). The highest BCUT2D eigenvalue weighted by Crippen LogP contribution is 2.21. The monoisotopic (exact) mass is 244 g/mol. The van der Waals surface area contributed by atoms with Gasteiger partial charge in [0.25, 0.3) is 0 Å². The minimum atomic E-state index is -0.518. The van der Waals surface area contributed by atoms with Crippen molar-refractivity contribution in [2.24, 2.45) is 0 Å². The van der Waals surface area contributed by atoms with Crippen LogP contribution in [0.1, 0.15) is 16.1 Å². The third kappa shape index (κ3) is 2.15. The van der Waals surface area contributed by atoms with E-state index in [1.165, 1.54) is 7.11 Å². The van der Waals surface area contributed by atoms with Crippen LogP contribution in [0, 0.1) is 6.92 Å². The Hall–Kier alpha value is -2.43. The normalized spacial score (nSPS) is 10.1. The van der Waals surface area contributed by atoms with E-state index >= 15 is 0 Å². The van der Waals surface area contributed by atoms with Crippen molar-refractivity contribution in [3.63, 3.8) is 0 Å². The number of carbonyl (C=O) groups is 1. The Bertz CT molecular complexity index is 632. The molecule has 0 saturated carbocycles. The molecular weight excluding hydrogens is 232 g/mol. The van der Waals surface area contributed by atoms with Crippen molar-refractivity contribution in [1.29, 1.82) is 0 Å². The summed E-state index contributed by atoms with van der Waals surface area (Å²) in [4.78, 5) is 29.5. The second-order valence-corrected chi connectivity index (χ2v) is 3.75. The van der Waals surface area contributed by atoms with Crippen LogP contribution in [-0.4, -0.2) is 23.0 Å². The minimum absolute atomic E-state index is 0.281. The van der Waals surface area contributed by atoms with Crippen LogP contribution in [0.3, 0.4) is 0 Å². The van der Waals surface area contributed by atoms with Crippen molar-refractivity contribution in [2.45, 2.75) is 6.92 Å². The number of rotatable bonds is 2.